The third-order valence-corrected chi connectivity index (χ3v) is 4.25. The van der Waals surface area contributed by atoms with E-state index >= 15 is 0 Å². The van der Waals surface area contributed by atoms with Gasteiger partial charge in [0.05, 0.1) is 13.0 Å². The van der Waals surface area contributed by atoms with E-state index in [1.807, 2.05) is 0 Å². The van der Waals surface area contributed by atoms with Crippen LogP contribution in [0.3, 0.4) is 0 Å². The number of carboxylic acid groups (broad SMARTS) is 1. The predicted molar refractivity (Wildman–Crippen MR) is 69.0 cm³/mol. The quantitative estimate of drug-likeness (QED) is 0.758. The summed E-state index contributed by atoms with van der Waals surface area (Å²) in [7, 11) is 1.32. The molecule has 0 bridgehead atoms. The van der Waals surface area contributed by atoms with Crippen LogP contribution in [0.25, 0.3) is 0 Å². The van der Waals surface area contributed by atoms with Gasteiger partial charge in [0.1, 0.15) is 6.04 Å². The van der Waals surface area contributed by atoms with Crippen LogP contribution in [0.15, 0.2) is 0 Å². The van der Waals surface area contributed by atoms with Crippen molar-refractivity contribution in [2.24, 2.45) is 11.8 Å². The van der Waals surface area contributed by atoms with Crippen molar-refractivity contribution < 1.29 is 24.2 Å². The number of ether oxygens (including phenoxy) is 1. The molecule has 0 spiro atoms. The van der Waals surface area contributed by atoms with Crippen LogP contribution < -0.4 is 0 Å². The zero-order chi connectivity index (χ0) is 14.9. The first-order valence-corrected chi connectivity index (χ1v) is 6.82. The summed E-state index contributed by atoms with van der Waals surface area (Å²) >= 11 is 0. The SMILES string of the molecule is COC(=O)C1CCCN1C(=O)N1CC(C(C)C(=O)O)C1. The summed E-state index contributed by atoms with van der Waals surface area (Å²) in [6, 6.07) is -0.685. The van der Waals surface area contributed by atoms with E-state index in [9.17, 15) is 14.4 Å². The maximum Gasteiger partial charge on any atom is 0.328 e. The molecule has 2 rings (SSSR count). The lowest BCUT2D eigenvalue weighted by Gasteiger charge is -2.43. The van der Waals surface area contributed by atoms with Crippen molar-refractivity contribution in [2.45, 2.75) is 25.8 Å². The number of amides is 2. The number of carboxylic acids is 1. The van der Waals surface area contributed by atoms with E-state index in [4.69, 9.17) is 9.84 Å². The summed E-state index contributed by atoms with van der Waals surface area (Å²) in [6.07, 6.45) is 1.41. The Morgan fingerprint density at radius 1 is 1.30 bits per heavy atom. The number of hydrogen-bond donors (Lipinski definition) is 1. The van der Waals surface area contributed by atoms with Gasteiger partial charge in [0.25, 0.3) is 0 Å². The van der Waals surface area contributed by atoms with E-state index < -0.39 is 17.9 Å². The number of carbonyl (C=O) groups is 3. The van der Waals surface area contributed by atoms with Gasteiger partial charge in [0, 0.05) is 25.6 Å². The molecule has 2 aliphatic heterocycles. The minimum atomic E-state index is -0.837. The second-order valence-electron chi connectivity index (χ2n) is 5.45. The molecule has 0 aromatic carbocycles. The molecule has 0 aromatic heterocycles. The van der Waals surface area contributed by atoms with Gasteiger partial charge in [-0.2, -0.15) is 0 Å². The maximum absolute atomic E-state index is 12.3. The molecule has 2 unspecified atom stereocenters. The molecule has 2 fully saturated rings. The van der Waals surface area contributed by atoms with E-state index in [1.54, 1.807) is 11.8 Å². The summed E-state index contributed by atoms with van der Waals surface area (Å²) in [5.41, 5.74) is 0. The van der Waals surface area contributed by atoms with Crippen molar-refractivity contribution in [2.75, 3.05) is 26.7 Å². The molecular weight excluding hydrogens is 264 g/mol. The fourth-order valence-corrected chi connectivity index (χ4v) is 2.75. The first-order chi connectivity index (χ1) is 9.45. The molecule has 0 aromatic rings. The second kappa shape index (κ2) is 5.68. The lowest BCUT2D eigenvalue weighted by Crippen LogP contribution is -2.58. The molecule has 20 heavy (non-hydrogen) atoms. The summed E-state index contributed by atoms with van der Waals surface area (Å²) in [5, 5.41) is 8.93. The number of hydrogen-bond acceptors (Lipinski definition) is 4. The minimum absolute atomic E-state index is 0.00405. The van der Waals surface area contributed by atoms with Crippen molar-refractivity contribution in [3.8, 4) is 0 Å². The van der Waals surface area contributed by atoms with Gasteiger partial charge in [-0.25, -0.2) is 9.59 Å². The standard InChI is InChI=1S/C13H20N2O5/c1-8(11(16)17)9-6-14(7-9)13(19)15-5-3-4-10(15)12(18)20-2/h8-10H,3-7H2,1-2H3,(H,16,17). The number of methoxy groups -OCH3 is 1. The van der Waals surface area contributed by atoms with E-state index in [1.165, 1.54) is 12.0 Å². The van der Waals surface area contributed by atoms with Crippen molar-refractivity contribution in [1.82, 2.24) is 9.80 Å². The average molecular weight is 284 g/mol. The Morgan fingerprint density at radius 2 is 1.95 bits per heavy atom. The van der Waals surface area contributed by atoms with Crippen LogP contribution in [0.4, 0.5) is 4.79 Å². The topological polar surface area (TPSA) is 87.2 Å². The molecule has 2 aliphatic rings. The summed E-state index contributed by atoms with van der Waals surface area (Å²) in [5.74, 6) is -1.67. The molecule has 2 saturated heterocycles. The predicted octanol–water partition coefficient (Wildman–Crippen LogP) is 0.396. The largest absolute Gasteiger partial charge is 0.481 e. The second-order valence-corrected chi connectivity index (χ2v) is 5.45. The monoisotopic (exact) mass is 284 g/mol. The van der Waals surface area contributed by atoms with Crippen molar-refractivity contribution in [1.29, 1.82) is 0 Å². The number of nitrogens with zero attached hydrogens (tertiary/aromatic N) is 2. The van der Waals surface area contributed by atoms with Gasteiger partial charge in [-0.05, 0) is 12.8 Å². The molecule has 0 aliphatic carbocycles. The van der Waals surface area contributed by atoms with Crippen LogP contribution in [0, 0.1) is 11.8 Å². The van der Waals surface area contributed by atoms with Crippen LogP contribution in [0.1, 0.15) is 19.8 Å². The first kappa shape index (κ1) is 14.6. The molecule has 1 N–H and O–H groups in total. The lowest BCUT2D eigenvalue weighted by molar-refractivity contribution is -0.145. The Labute approximate surface area is 117 Å². The maximum atomic E-state index is 12.3. The lowest BCUT2D eigenvalue weighted by atomic mass is 9.87. The Hall–Kier alpha value is -1.79. The Balaban J connectivity index is 1.90. The highest BCUT2D eigenvalue weighted by molar-refractivity contribution is 5.84. The number of carbonyl (C=O) groups excluding carboxylic acids is 2. The van der Waals surface area contributed by atoms with E-state index in [0.29, 0.717) is 26.1 Å². The van der Waals surface area contributed by atoms with Crippen LogP contribution in [0.5, 0.6) is 0 Å². The van der Waals surface area contributed by atoms with Gasteiger partial charge in [0.2, 0.25) is 0 Å². The summed E-state index contributed by atoms with van der Waals surface area (Å²) in [6.45, 7) is 3.09. The van der Waals surface area contributed by atoms with Gasteiger partial charge in [0.15, 0.2) is 0 Å². The Bertz CT molecular complexity index is 419. The van der Waals surface area contributed by atoms with Crippen molar-refractivity contribution in [3.05, 3.63) is 0 Å². The van der Waals surface area contributed by atoms with Crippen molar-refractivity contribution in [3.63, 3.8) is 0 Å². The molecule has 2 heterocycles. The number of esters is 1. The summed E-state index contributed by atoms with van der Waals surface area (Å²) in [4.78, 5) is 37.9. The summed E-state index contributed by atoms with van der Waals surface area (Å²) < 4.78 is 4.71. The van der Waals surface area contributed by atoms with Crippen LogP contribution in [-0.2, 0) is 14.3 Å². The average Bonchev–Trinajstić information content (AvgIpc) is 2.84. The van der Waals surface area contributed by atoms with E-state index in [2.05, 4.69) is 0 Å². The highest BCUT2D eigenvalue weighted by Gasteiger charge is 2.42. The van der Waals surface area contributed by atoms with Gasteiger partial charge < -0.3 is 19.6 Å². The first-order valence-electron chi connectivity index (χ1n) is 6.82. The molecule has 112 valence electrons. The molecule has 2 amide bonds. The number of aliphatic carboxylic acids is 1. The molecule has 0 radical (unpaired) electrons. The molecule has 7 nitrogen and oxygen atoms in total. The van der Waals surface area contributed by atoms with Crippen LogP contribution in [0.2, 0.25) is 0 Å². The minimum Gasteiger partial charge on any atom is -0.481 e. The third-order valence-electron chi connectivity index (χ3n) is 4.25. The van der Waals surface area contributed by atoms with E-state index in [-0.39, 0.29) is 17.9 Å². The molecule has 0 saturated carbocycles. The number of urea groups is 1. The highest BCUT2D eigenvalue weighted by atomic mass is 16.5. The molecule has 7 heteroatoms. The fraction of sp³-hybridized carbons (Fsp3) is 0.769. The number of rotatable bonds is 3. The number of likely N-dealkylation sites (tertiary alicyclic amines) is 2. The van der Waals surface area contributed by atoms with Gasteiger partial charge in [-0.3, -0.25) is 4.79 Å². The fourth-order valence-electron chi connectivity index (χ4n) is 2.75. The van der Waals surface area contributed by atoms with Gasteiger partial charge in [-0.1, -0.05) is 6.92 Å². The van der Waals surface area contributed by atoms with Crippen molar-refractivity contribution >= 4 is 18.0 Å². The third kappa shape index (κ3) is 2.57. The molecular formula is C13H20N2O5. The zero-order valence-electron chi connectivity index (χ0n) is 11.7. The van der Waals surface area contributed by atoms with Crippen LogP contribution in [-0.4, -0.2) is 65.7 Å². The Kier molecular flexibility index (Phi) is 4.15. The highest BCUT2D eigenvalue weighted by Crippen LogP contribution is 2.28. The van der Waals surface area contributed by atoms with Gasteiger partial charge in [-0.15, -0.1) is 0 Å². The normalized spacial score (nSPS) is 24.2. The van der Waals surface area contributed by atoms with Crippen LogP contribution >= 0.6 is 0 Å². The molecule has 2 atom stereocenters. The smallest absolute Gasteiger partial charge is 0.328 e. The van der Waals surface area contributed by atoms with E-state index in [0.717, 1.165) is 6.42 Å². The Morgan fingerprint density at radius 3 is 2.50 bits per heavy atom. The van der Waals surface area contributed by atoms with Gasteiger partial charge >= 0.3 is 18.0 Å². The zero-order valence-corrected chi connectivity index (χ0v) is 11.7.